The molecule has 1 aliphatic rings. The standard InChI is InChI=1S/C13H20N4O3/c1-10-7-12(17(18)19)13(14-8-10)15-11(2)9-16-3-5-20-6-4-16/h7-8,11H,3-6,9H2,1-2H3,(H,14,15). The second-order valence-electron chi connectivity index (χ2n) is 5.10. The highest BCUT2D eigenvalue weighted by atomic mass is 16.6. The van der Waals surface area contributed by atoms with E-state index in [1.54, 1.807) is 13.1 Å². The van der Waals surface area contributed by atoms with Gasteiger partial charge >= 0.3 is 5.69 Å². The van der Waals surface area contributed by atoms with Gasteiger partial charge in [-0.3, -0.25) is 15.0 Å². The molecular weight excluding hydrogens is 260 g/mol. The maximum Gasteiger partial charge on any atom is 0.311 e. The molecule has 0 bridgehead atoms. The molecule has 1 N–H and O–H groups in total. The van der Waals surface area contributed by atoms with E-state index in [1.165, 1.54) is 6.07 Å². The van der Waals surface area contributed by atoms with Crippen molar-refractivity contribution in [1.82, 2.24) is 9.88 Å². The van der Waals surface area contributed by atoms with E-state index in [9.17, 15) is 10.1 Å². The molecule has 2 rings (SSSR count). The average Bonchev–Trinajstić information content (AvgIpc) is 2.41. The predicted octanol–water partition coefficient (Wildman–Crippen LogP) is 1.43. The number of morpholine rings is 1. The molecule has 1 saturated heterocycles. The third-order valence-corrected chi connectivity index (χ3v) is 3.22. The Balaban J connectivity index is 1.99. The van der Waals surface area contributed by atoms with E-state index in [4.69, 9.17) is 4.74 Å². The number of anilines is 1. The first-order chi connectivity index (χ1) is 9.56. The lowest BCUT2D eigenvalue weighted by atomic mass is 10.2. The van der Waals surface area contributed by atoms with Crippen LogP contribution in [0, 0.1) is 17.0 Å². The molecule has 0 radical (unpaired) electrons. The Labute approximate surface area is 118 Å². The summed E-state index contributed by atoms with van der Waals surface area (Å²) in [4.78, 5) is 17.1. The molecule has 110 valence electrons. The number of rotatable bonds is 5. The summed E-state index contributed by atoms with van der Waals surface area (Å²) in [5, 5.41) is 14.2. The zero-order valence-corrected chi connectivity index (χ0v) is 11.8. The van der Waals surface area contributed by atoms with Crippen LogP contribution in [0.5, 0.6) is 0 Å². The zero-order valence-electron chi connectivity index (χ0n) is 11.8. The molecule has 1 atom stereocenters. The number of hydrogen-bond donors (Lipinski definition) is 1. The van der Waals surface area contributed by atoms with Crippen LogP contribution >= 0.6 is 0 Å². The minimum atomic E-state index is -0.399. The zero-order chi connectivity index (χ0) is 14.5. The Kier molecular flexibility index (Phi) is 4.86. The van der Waals surface area contributed by atoms with Crippen molar-refractivity contribution in [2.45, 2.75) is 19.9 Å². The summed E-state index contributed by atoms with van der Waals surface area (Å²) in [7, 11) is 0. The van der Waals surface area contributed by atoms with Gasteiger partial charge in [-0.1, -0.05) is 0 Å². The fraction of sp³-hybridized carbons (Fsp3) is 0.615. The molecule has 1 aliphatic heterocycles. The van der Waals surface area contributed by atoms with Gasteiger partial charge in [-0.2, -0.15) is 0 Å². The number of nitro groups is 1. The number of hydrogen-bond acceptors (Lipinski definition) is 6. The predicted molar refractivity (Wildman–Crippen MR) is 76.0 cm³/mol. The van der Waals surface area contributed by atoms with E-state index in [2.05, 4.69) is 15.2 Å². The summed E-state index contributed by atoms with van der Waals surface area (Å²) in [6, 6.07) is 1.62. The van der Waals surface area contributed by atoms with Crippen LogP contribution in [0.15, 0.2) is 12.3 Å². The van der Waals surface area contributed by atoms with E-state index < -0.39 is 4.92 Å². The number of nitrogens with one attached hydrogen (secondary N) is 1. The van der Waals surface area contributed by atoms with Crippen LogP contribution in [0.25, 0.3) is 0 Å². The maximum absolute atomic E-state index is 11.0. The van der Waals surface area contributed by atoms with Crippen LogP contribution in [0.1, 0.15) is 12.5 Å². The highest BCUT2D eigenvalue weighted by Crippen LogP contribution is 2.23. The van der Waals surface area contributed by atoms with Gasteiger partial charge in [0, 0.05) is 37.9 Å². The Hall–Kier alpha value is -1.73. The molecule has 7 nitrogen and oxygen atoms in total. The molecule has 7 heteroatoms. The minimum absolute atomic E-state index is 0.0267. The first-order valence-corrected chi connectivity index (χ1v) is 6.74. The lowest BCUT2D eigenvalue weighted by molar-refractivity contribution is -0.384. The van der Waals surface area contributed by atoms with Crippen molar-refractivity contribution >= 4 is 11.5 Å². The van der Waals surface area contributed by atoms with Gasteiger partial charge in [0.05, 0.1) is 18.1 Å². The molecule has 1 unspecified atom stereocenters. The van der Waals surface area contributed by atoms with E-state index in [-0.39, 0.29) is 11.7 Å². The van der Waals surface area contributed by atoms with E-state index >= 15 is 0 Å². The molecule has 0 spiro atoms. The molecule has 1 aromatic rings. The Morgan fingerprint density at radius 2 is 2.25 bits per heavy atom. The molecule has 0 saturated carbocycles. The maximum atomic E-state index is 11.0. The van der Waals surface area contributed by atoms with Gasteiger partial charge < -0.3 is 10.1 Å². The largest absolute Gasteiger partial charge is 0.379 e. The molecule has 0 aromatic carbocycles. The van der Waals surface area contributed by atoms with Crippen molar-refractivity contribution in [3.8, 4) is 0 Å². The molecule has 1 aromatic heterocycles. The topological polar surface area (TPSA) is 80.5 Å². The number of aryl methyl sites for hydroxylation is 1. The van der Waals surface area contributed by atoms with Crippen molar-refractivity contribution < 1.29 is 9.66 Å². The highest BCUT2D eigenvalue weighted by molar-refractivity contribution is 5.57. The SMILES string of the molecule is Cc1cnc(NC(C)CN2CCOCC2)c([N+](=O)[O-])c1. The summed E-state index contributed by atoms with van der Waals surface area (Å²) in [5.41, 5.74) is 0.807. The molecular formula is C13H20N4O3. The van der Waals surface area contributed by atoms with Crippen molar-refractivity contribution in [1.29, 1.82) is 0 Å². The summed E-state index contributed by atoms with van der Waals surface area (Å²) >= 11 is 0. The van der Waals surface area contributed by atoms with Crippen LogP contribution in [0.4, 0.5) is 11.5 Å². The van der Waals surface area contributed by atoms with Crippen LogP contribution < -0.4 is 5.32 Å². The molecule has 0 aliphatic carbocycles. The van der Waals surface area contributed by atoms with Gasteiger partial charge in [0.25, 0.3) is 0 Å². The van der Waals surface area contributed by atoms with Crippen molar-refractivity contribution in [2.24, 2.45) is 0 Å². The molecule has 0 amide bonds. The first kappa shape index (κ1) is 14.7. The summed E-state index contributed by atoms with van der Waals surface area (Å²) in [5.74, 6) is 0.335. The van der Waals surface area contributed by atoms with Crippen molar-refractivity contribution in [2.75, 3.05) is 38.2 Å². The van der Waals surface area contributed by atoms with Gasteiger partial charge in [0.2, 0.25) is 5.82 Å². The quantitative estimate of drug-likeness (QED) is 0.649. The van der Waals surface area contributed by atoms with E-state index in [1.807, 2.05) is 6.92 Å². The first-order valence-electron chi connectivity index (χ1n) is 6.74. The second-order valence-corrected chi connectivity index (χ2v) is 5.10. The van der Waals surface area contributed by atoms with Gasteiger partial charge in [-0.05, 0) is 19.4 Å². The van der Waals surface area contributed by atoms with Gasteiger partial charge in [-0.15, -0.1) is 0 Å². The average molecular weight is 280 g/mol. The minimum Gasteiger partial charge on any atom is -0.379 e. The van der Waals surface area contributed by atoms with Crippen LogP contribution in [0.3, 0.4) is 0 Å². The second kappa shape index (κ2) is 6.62. The van der Waals surface area contributed by atoms with Crippen LogP contribution in [0.2, 0.25) is 0 Å². The van der Waals surface area contributed by atoms with Crippen LogP contribution in [-0.2, 0) is 4.74 Å². The van der Waals surface area contributed by atoms with E-state index in [0.717, 1.165) is 38.4 Å². The number of aromatic nitrogens is 1. The smallest absolute Gasteiger partial charge is 0.311 e. The third kappa shape index (κ3) is 3.88. The van der Waals surface area contributed by atoms with Gasteiger partial charge in [0.15, 0.2) is 0 Å². The molecule has 20 heavy (non-hydrogen) atoms. The highest BCUT2D eigenvalue weighted by Gasteiger charge is 2.19. The Morgan fingerprint density at radius 3 is 2.90 bits per heavy atom. The monoisotopic (exact) mass is 280 g/mol. The summed E-state index contributed by atoms with van der Waals surface area (Å²) in [6.45, 7) is 7.90. The lowest BCUT2D eigenvalue weighted by Gasteiger charge is -2.29. The lowest BCUT2D eigenvalue weighted by Crippen LogP contribution is -2.42. The summed E-state index contributed by atoms with van der Waals surface area (Å²) in [6.07, 6.45) is 1.64. The Bertz CT molecular complexity index is 475. The number of ether oxygens (including phenoxy) is 1. The van der Waals surface area contributed by atoms with Crippen molar-refractivity contribution in [3.63, 3.8) is 0 Å². The third-order valence-electron chi connectivity index (χ3n) is 3.22. The molecule has 2 heterocycles. The number of pyridine rings is 1. The normalized spacial score (nSPS) is 17.7. The van der Waals surface area contributed by atoms with Gasteiger partial charge in [0.1, 0.15) is 0 Å². The van der Waals surface area contributed by atoms with Crippen molar-refractivity contribution in [3.05, 3.63) is 27.9 Å². The summed E-state index contributed by atoms with van der Waals surface area (Å²) < 4.78 is 5.30. The Morgan fingerprint density at radius 1 is 1.55 bits per heavy atom. The van der Waals surface area contributed by atoms with Crippen LogP contribution in [-0.4, -0.2) is 53.7 Å². The van der Waals surface area contributed by atoms with E-state index in [0.29, 0.717) is 5.82 Å². The molecule has 1 fully saturated rings. The van der Waals surface area contributed by atoms with Gasteiger partial charge in [-0.25, -0.2) is 4.98 Å². The fourth-order valence-corrected chi connectivity index (χ4v) is 2.25. The fourth-order valence-electron chi connectivity index (χ4n) is 2.25. The number of nitrogens with zero attached hydrogens (tertiary/aromatic N) is 3.